The van der Waals surface area contributed by atoms with Gasteiger partial charge in [-0.1, -0.05) is 25.1 Å². The van der Waals surface area contributed by atoms with Crippen molar-refractivity contribution < 1.29 is 4.79 Å². The molecule has 0 atom stereocenters. The monoisotopic (exact) mass is 322 g/mol. The fraction of sp³-hybridized carbons (Fsp3) is 0.375. The van der Waals surface area contributed by atoms with Gasteiger partial charge in [-0.15, -0.1) is 12.4 Å². The maximum Gasteiger partial charge on any atom is 0.224 e. The lowest BCUT2D eigenvalue weighted by molar-refractivity contribution is -0.120. The lowest BCUT2D eigenvalue weighted by Gasteiger charge is -2.05. The van der Waals surface area contributed by atoms with Crippen molar-refractivity contribution in [1.82, 2.24) is 20.4 Å². The quantitative estimate of drug-likeness (QED) is 0.730. The molecule has 2 rings (SSSR count). The summed E-state index contributed by atoms with van der Waals surface area (Å²) in [6.07, 6.45) is 5.10. The fourth-order valence-corrected chi connectivity index (χ4v) is 2.01. The predicted molar refractivity (Wildman–Crippen MR) is 90.7 cm³/mol. The summed E-state index contributed by atoms with van der Waals surface area (Å²) >= 11 is 0. The Kier molecular flexibility index (Phi) is 8.25. The zero-order valence-electron chi connectivity index (χ0n) is 12.8. The summed E-state index contributed by atoms with van der Waals surface area (Å²) in [6, 6.07) is 9.86. The summed E-state index contributed by atoms with van der Waals surface area (Å²) in [7, 11) is 0. The van der Waals surface area contributed by atoms with Crippen LogP contribution < -0.4 is 10.6 Å². The second kappa shape index (κ2) is 9.97. The average molecular weight is 323 g/mol. The molecular formula is C16H23ClN4O. The predicted octanol–water partition coefficient (Wildman–Crippen LogP) is 1.95. The number of benzene rings is 1. The highest BCUT2D eigenvalue weighted by atomic mass is 35.5. The molecule has 2 aromatic rings. The van der Waals surface area contributed by atoms with E-state index in [9.17, 15) is 4.79 Å². The fourth-order valence-electron chi connectivity index (χ4n) is 2.01. The Morgan fingerprint density at radius 2 is 1.95 bits per heavy atom. The smallest absolute Gasteiger partial charge is 0.224 e. The first-order chi connectivity index (χ1) is 10.3. The van der Waals surface area contributed by atoms with Crippen molar-refractivity contribution >= 4 is 18.3 Å². The Morgan fingerprint density at radius 3 is 2.68 bits per heavy atom. The van der Waals surface area contributed by atoms with Crippen LogP contribution in [0.1, 0.15) is 18.9 Å². The van der Waals surface area contributed by atoms with Crippen molar-refractivity contribution in [3.63, 3.8) is 0 Å². The van der Waals surface area contributed by atoms with Gasteiger partial charge in [0.1, 0.15) is 0 Å². The molecule has 0 aliphatic rings. The summed E-state index contributed by atoms with van der Waals surface area (Å²) in [6.45, 7) is 4.57. The van der Waals surface area contributed by atoms with Gasteiger partial charge >= 0.3 is 0 Å². The first-order valence-electron chi connectivity index (χ1n) is 7.36. The lowest BCUT2D eigenvalue weighted by atomic mass is 10.2. The van der Waals surface area contributed by atoms with Crippen LogP contribution in [0.4, 0.5) is 0 Å². The van der Waals surface area contributed by atoms with E-state index in [-0.39, 0.29) is 18.3 Å². The summed E-state index contributed by atoms with van der Waals surface area (Å²) < 4.78 is 1.78. The van der Waals surface area contributed by atoms with Gasteiger partial charge in [-0.05, 0) is 30.7 Å². The van der Waals surface area contributed by atoms with Crippen LogP contribution in [0.15, 0.2) is 42.7 Å². The normalized spacial score (nSPS) is 10.0. The number of carbonyl (C=O) groups excluding carboxylic acids is 1. The number of para-hydroxylation sites is 1. The minimum absolute atomic E-state index is 0. The molecule has 0 spiro atoms. The van der Waals surface area contributed by atoms with Crippen LogP contribution in [0.2, 0.25) is 0 Å². The average Bonchev–Trinajstić information content (AvgIpc) is 2.96. The molecule has 0 saturated heterocycles. The van der Waals surface area contributed by atoms with Gasteiger partial charge in [0.05, 0.1) is 18.3 Å². The van der Waals surface area contributed by atoms with Gasteiger partial charge < -0.3 is 10.6 Å². The Morgan fingerprint density at radius 1 is 1.18 bits per heavy atom. The van der Waals surface area contributed by atoms with Crippen molar-refractivity contribution in [2.75, 3.05) is 19.6 Å². The van der Waals surface area contributed by atoms with Crippen LogP contribution in [0.3, 0.4) is 0 Å². The summed E-state index contributed by atoms with van der Waals surface area (Å²) in [5.41, 5.74) is 1.91. The third-order valence-corrected chi connectivity index (χ3v) is 3.07. The first kappa shape index (κ1) is 18.2. The van der Waals surface area contributed by atoms with Crippen molar-refractivity contribution in [2.24, 2.45) is 0 Å². The molecule has 0 unspecified atom stereocenters. The maximum atomic E-state index is 11.8. The van der Waals surface area contributed by atoms with Crippen LogP contribution in [0, 0.1) is 0 Å². The molecule has 2 N–H and O–H groups in total. The highest BCUT2D eigenvalue weighted by Crippen LogP contribution is 2.07. The first-order valence-corrected chi connectivity index (χ1v) is 7.36. The molecule has 0 radical (unpaired) electrons. The van der Waals surface area contributed by atoms with Crippen LogP contribution in [-0.2, 0) is 11.2 Å². The summed E-state index contributed by atoms with van der Waals surface area (Å²) in [4.78, 5) is 11.8. The highest BCUT2D eigenvalue weighted by Gasteiger charge is 2.06. The van der Waals surface area contributed by atoms with Crippen LogP contribution in [-0.4, -0.2) is 35.3 Å². The molecule has 5 nitrogen and oxygen atoms in total. The molecule has 22 heavy (non-hydrogen) atoms. The third-order valence-electron chi connectivity index (χ3n) is 3.07. The Bertz CT molecular complexity index is 556. The number of carbonyl (C=O) groups is 1. The molecular weight excluding hydrogens is 300 g/mol. The molecule has 6 heteroatoms. The number of amides is 1. The number of hydrogen-bond acceptors (Lipinski definition) is 3. The van der Waals surface area contributed by atoms with Crippen LogP contribution >= 0.6 is 12.4 Å². The van der Waals surface area contributed by atoms with Gasteiger partial charge in [-0.3, -0.25) is 4.79 Å². The van der Waals surface area contributed by atoms with E-state index >= 15 is 0 Å². The number of nitrogens with one attached hydrogen (secondary N) is 2. The molecule has 1 aromatic heterocycles. The largest absolute Gasteiger partial charge is 0.355 e. The summed E-state index contributed by atoms with van der Waals surface area (Å²) in [5.74, 6) is 0.0286. The molecule has 1 aromatic carbocycles. The Labute approximate surface area is 137 Å². The molecule has 120 valence electrons. The number of halogens is 1. The van der Waals surface area contributed by atoms with E-state index in [0.717, 1.165) is 30.8 Å². The minimum Gasteiger partial charge on any atom is -0.355 e. The molecule has 0 fully saturated rings. The van der Waals surface area contributed by atoms with Gasteiger partial charge in [0.2, 0.25) is 5.91 Å². The van der Waals surface area contributed by atoms with Crippen LogP contribution in [0.25, 0.3) is 5.69 Å². The van der Waals surface area contributed by atoms with Crippen molar-refractivity contribution in [3.05, 3.63) is 48.3 Å². The van der Waals surface area contributed by atoms with Gasteiger partial charge in [0.15, 0.2) is 0 Å². The zero-order valence-corrected chi connectivity index (χ0v) is 13.6. The van der Waals surface area contributed by atoms with Gasteiger partial charge in [-0.25, -0.2) is 4.68 Å². The molecule has 0 aliphatic heterocycles. The van der Waals surface area contributed by atoms with E-state index in [0.29, 0.717) is 13.0 Å². The molecule has 0 bridgehead atoms. The van der Waals surface area contributed by atoms with E-state index in [1.165, 1.54) is 0 Å². The van der Waals surface area contributed by atoms with Gasteiger partial charge in [0.25, 0.3) is 0 Å². The second-order valence-corrected chi connectivity index (χ2v) is 4.91. The Balaban J connectivity index is 0.00000242. The van der Waals surface area contributed by atoms with Gasteiger partial charge in [0, 0.05) is 19.3 Å². The topological polar surface area (TPSA) is 58.9 Å². The number of nitrogens with zero attached hydrogens (tertiary/aromatic N) is 2. The van der Waals surface area contributed by atoms with Gasteiger partial charge in [-0.2, -0.15) is 5.10 Å². The molecule has 0 saturated carbocycles. The number of aromatic nitrogens is 2. The lowest BCUT2D eigenvalue weighted by Crippen LogP contribution is -2.32. The molecule has 1 amide bonds. The van der Waals surface area contributed by atoms with E-state index in [1.807, 2.05) is 36.5 Å². The standard InChI is InChI=1S/C16H22N4O.ClH/c1-2-8-17-9-10-18-16(21)11-14-12-19-20(13-14)15-6-4-3-5-7-15;/h3-7,12-13,17H,2,8-11H2,1H3,(H,18,21);1H. The summed E-state index contributed by atoms with van der Waals surface area (Å²) in [5, 5.41) is 10.4. The van der Waals surface area contributed by atoms with Crippen molar-refractivity contribution in [1.29, 1.82) is 0 Å². The highest BCUT2D eigenvalue weighted by molar-refractivity contribution is 5.85. The SMILES string of the molecule is CCCNCCNC(=O)Cc1cnn(-c2ccccc2)c1.Cl. The molecule has 1 heterocycles. The van der Waals surface area contributed by atoms with Crippen molar-refractivity contribution in [2.45, 2.75) is 19.8 Å². The van der Waals surface area contributed by atoms with E-state index in [2.05, 4.69) is 22.7 Å². The van der Waals surface area contributed by atoms with Crippen LogP contribution in [0.5, 0.6) is 0 Å². The van der Waals surface area contributed by atoms with Crippen molar-refractivity contribution in [3.8, 4) is 5.69 Å². The Hall–Kier alpha value is -1.85. The number of hydrogen-bond donors (Lipinski definition) is 2. The van der Waals surface area contributed by atoms with E-state index in [4.69, 9.17) is 0 Å². The molecule has 0 aliphatic carbocycles. The third kappa shape index (κ3) is 5.87. The van der Waals surface area contributed by atoms with E-state index < -0.39 is 0 Å². The second-order valence-electron chi connectivity index (χ2n) is 4.91. The maximum absolute atomic E-state index is 11.8. The van der Waals surface area contributed by atoms with E-state index in [1.54, 1.807) is 10.9 Å². The number of rotatable bonds is 8. The zero-order chi connectivity index (χ0) is 14.9. The minimum atomic E-state index is 0.